The number of ether oxygens (including phenoxy) is 1. The van der Waals surface area contributed by atoms with Gasteiger partial charge in [-0.05, 0) is 25.0 Å². The molecule has 1 aliphatic rings. The van der Waals surface area contributed by atoms with Crippen LogP contribution in [0.15, 0.2) is 18.5 Å². The van der Waals surface area contributed by atoms with Crippen LogP contribution in [0.1, 0.15) is 12.0 Å². The van der Waals surface area contributed by atoms with Gasteiger partial charge in [0.15, 0.2) is 0 Å². The second-order valence-corrected chi connectivity index (χ2v) is 4.10. The van der Waals surface area contributed by atoms with Gasteiger partial charge >= 0.3 is 0 Å². The summed E-state index contributed by atoms with van der Waals surface area (Å²) in [4.78, 5) is 15.9. The van der Waals surface area contributed by atoms with Crippen LogP contribution in [0.2, 0.25) is 0 Å². The van der Waals surface area contributed by atoms with Gasteiger partial charge in [-0.1, -0.05) is 0 Å². The molecule has 1 aromatic rings. The van der Waals surface area contributed by atoms with Gasteiger partial charge in [-0.3, -0.25) is 9.78 Å². The third-order valence-corrected chi connectivity index (χ3v) is 2.79. The van der Waals surface area contributed by atoms with Crippen LogP contribution in [-0.2, 0) is 9.53 Å². The first-order chi connectivity index (χ1) is 7.62. The van der Waals surface area contributed by atoms with E-state index in [0.717, 1.165) is 5.56 Å². The molecular weight excluding hydrogens is 206 g/mol. The van der Waals surface area contributed by atoms with E-state index in [9.17, 15) is 4.79 Å². The predicted octanol–water partition coefficient (Wildman–Crippen LogP) is 0.446. The summed E-state index contributed by atoms with van der Waals surface area (Å²) in [6, 6.07) is 1.84. The molecule has 2 heterocycles. The minimum Gasteiger partial charge on any atom is -0.379 e. The topological polar surface area (TPSA) is 77.2 Å². The number of nitrogens with two attached hydrogens (primary N) is 1. The minimum atomic E-state index is -0.901. The number of nitrogens with one attached hydrogen (secondary N) is 1. The van der Waals surface area contributed by atoms with Crippen LogP contribution in [-0.4, -0.2) is 29.6 Å². The molecule has 5 heteroatoms. The zero-order valence-corrected chi connectivity index (χ0v) is 9.19. The van der Waals surface area contributed by atoms with Crippen molar-refractivity contribution in [3.63, 3.8) is 0 Å². The monoisotopic (exact) mass is 221 g/mol. The Morgan fingerprint density at radius 3 is 3.12 bits per heavy atom. The van der Waals surface area contributed by atoms with Crippen LogP contribution < -0.4 is 11.1 Å². The normalized spacial score (nSPS) is 24.4. The molecule has 86 valence electrons. The van der Waals surface area contributed by atoms with E-state index >= 15 is 0 Å². The fraction of sp³-hybridized carbons (Fsp3) is 0.455. The van der Waals surface area contributed by atoms with Crippen LogP contribution in [0, 0.1) is 6.92 Å². The smallest absolute Gasteiger partial charge is 0.246 e. The van der Waals surface area contributed by atoms with Crippen molar-refractivity contribution >= 4 is 11.6 Å². The number of pyridine rings is 1. The number of nitrogens with zero attached hydrogens (tertiary/aromatic N) is 1. The standard InChI is InChI=1S/C11H15N3O2/c1-8-2-4-13-6-9(8)14-10(15)11(12)3-5-16-7-11/h2,4,6H,3,5,7,12H2,1H3,(H,14,15). The molecule has 5 nitrogen and oxygen atoms in total. The molecule has 1 atom stereocenters. The molecule has 16 heavy (non-hydrogen) atoms. The molecule has 0 aliphatic carbocycles. The van der Waals surface area contributed by atoms with Crippen LogP contribution in [0.4, 0.5) is 5.69 Å². The van der Waals surface area contributed by atoms with Crippen molar-refractivity contribution in [1.29, 1.82) is 0 Å². The lowest BCUT2D eigenvalue weighted by atomic mass is 9.99. The van der Waals surface area contributed by atoms with Crippen LogP contribution >= 0.6 is 0 Å². The summed E-state index contributed by atoms with van der Waals surface area (Å²) >= 11 is 0. The van der Waals surface area contributed by atoms with E-state index in [4.69, 9.17) is 10.5 Å². The molecule has 1 fully saturated rings. The van der Waals surface area contributed by atoms with Crippen molar-refractivity contribution in [3.8, 4) is 0 Å². The van der Waals surface area contributed by atoms with Crippen LogP contribution in [0.5, 0.6) is 0 Å². The maximum absolute atomic E-state index is 11.9. The molecule has 0 aromatic carbocycles. The molecule has 1 aromatic heterocycles. The maximum atomic E-state index is 11.9. The first kappa shape index (κ1) is 11.0. The van der Waals surface area contributed by atoms with Gasteiger partial charge in [-0.15, -0.1) is 0 Å². The Labute approximate surface area is 94.0 Å². The molecule has 2 rings (SSSR count). The van der Waals surface area contributed by atoms with E-state index in [2.05, 4.69) is 10.3 Å². The van der Waals surface area contributed by atoms with E-state index in [-0.39, 0.29) is 12.5 Å². The molecule has 0 spiro atoms. The Balaban J connectivity index is 2.10. The van der Waals surface area contributed by atoms with E-state index in [0.29, 0.717) is 18.7 Å². The van der Waals surface area contributed by atoms with Crippen LogP contribution in [0.3, 0.4) is 0 Å². The number of aromatic nitrogens is 1. The fourth-order valence-electron chi connectivity index (χ4n) is 1.60. The lowest BCUT2D eigenvalue weighted by Crippen LogP contribution is -2.51. The molecule has 3 N–H and O–H groups in total. The van der Waals surface area contributed by atoms with Gasteiger partial charge < -0.3 is 15.8 Å². The van der Waals surface area contributed by atoms with Gasteiger partial charge in [0.2, 0.25) is 5.91 Å². The molecule has 1 amide bonds. The molecule has 1 saturated heterocycles. The molecule has 1 aliphatic heterocycles. The maximum Gasteiger partial charge on any atom is 0.246 e. The Morgan fingerprint density at radius 2 is 2.50 bits per heavy atom. The number of aryl methyl sites for hydroxylation is 1. The quantitative estimate of drug-likeness (QED) is 0.760. The van der Waals surface area contributed by atoms with Crippen molar-refractivity contribution in [2.45, 2.75) is 18.9 Å². The van der Waals surface area contributed by atoms with Crippen molar-refractivity contribution in [1.82, 2.24) is 4.98 Å². The Kier molecular flexibility index (Phi) is 2.89. The van der Waals surface area contributed by atoms with Crippen molar-refractivity contribution < 1.29 is 9.53 Å². The van der Waals surface area contributed by atoms with E-state index in [1.54, 1.807) is 12.4 Å². The molecule has 0 bridgehead atoms. The number of amides is 1. The minimum absolute atomic E-state index is 0.207. The Hall–Kier alpha value is -1.46. The zero-order chi connectivity index (χ0) is 11.6. The van der Waals surface area contributed by atoms with Gasteiger partial charge in [0.25, 0.3) is 0 Å². The van der Waals surface area contributed by atoms with Crippen molar-refractivity contribution in [2.24, 2.45) is 5.73 Å². The highest BCUT2D eigenvalue weighted by atomic mass is 16.5. The number of rotatable bonds is 2. The fourth-order valence-corrected chi connectivity index (χ4v) is 1.60. The number of anilines is 1. The average Bonchev–Trinajstić information content (AvgIpc) is 2.70. The first-order valence-corrected chi connectivity index (χ1v) is 5.20. The van der Waals surface area contributed by atoms with Crippen molar-refractivity contribution in [2.75, 3.05) is 18.5 Å². The highest BCUT2D eigenvalue weighted by Gasteiger charge is 2.38. The predicted molar refractivity (Wildman–Crippen MR) is 60.0 cm³/mol. The van der Waals surface area contributed by atoms with E-state index < -0.39 is 5.54 Å². The number of carbonyl (C=O) groups excluding carboxylic acids is 1. The van der Waals surface area contributed by atoms with Gasteiger partial charge in [0, 0.05) is 12.8 Å². The number of carbonyl (C=O) groups is 1. The lowest BCUT2D eigenvalue weighted by molar-refractivity contribution is -0.121. The van der Waals surface area contributed by atoms with Crippen molar-refractivity contribution in [3.05, 3.63) is 24.0 Å². The Morgan fingerprint density at radius 1 is 1.69 bits per heavy atom. The second kappa shape index (κ2) is 4.19. The first-order valence-electron chi connectivity index (χ1n) is 5.20. The zero-order valence-electron chi connectivity index (χ0n) is 9.19. The second-order valence-electron chi connectivity index (χ2n) is 4.10. The van der Waals surface area contributed by atoms with Gasteiger partial charge in [-0.2, -0.15) is 0 Å². The summed E-state index contributed by atoms with van der Waals surface area (Å²) < 4.78 is 5.15. The third-order valence-electron chi connectivity index (χ3n) is 2.79. The molecular formula is C11H15N3O2. The third kappa shape index (κ3) is 2.05. The highest BCUT2D eigenvalue weighted by molar-refractivity contribution is 5.98. The Bertz CT molecular complexity index is 400. The summed E-state index contributed by atoms with van der Waals surface area (Å²) in [5.74, 6) is -0.207. The molecule has 0 radical (unpaired) electrons. The van der Waals surface area contributed by atoms with Gasteiger partial charge in [-0.25, -0.2) is 0 Å². The molecule has 0 saturated carbocycles. The van der Waals surface area contributed by atoms with Crippen LogP contribution in [0.25, 0.3) is 0 Å². The van der Waals surface area contributed by atoms with Gasteiger partial charge in [0.05, 0.1) is 18.5 Å². The molecule has 1 unspecified atom stereocenters. The van der Waals surface area contributed by atoms with E-state index in [1.165, 1.54) is 0 Å². The number of hydrogen-bond acceptors (Lipinski definition) is 4. The SMILES string of the molecule is Cc1ccncc1NC(=O)C1(N)CCOC1. The highest BCUT2D eigenvalue weighted by Crippen LogP contribution is 2.19. The van der Waals surface area contributed by atoms with E-state index in [1.807, 2.05) is 13.0 Å². The summed E-state index contributed by atoms with van der Waals surface area (Å²) in [6.07, 6.45) is 3.85. The summed E-state index contributed by atoms with van der Waals surface area (Å²) in [6.45, 7) is 2.72. The lowest BCUT2D eigenvalue weighted by Gasteiger charge is -2.21. The largest absolute Gasteiger partial charge is 0.379 e. The summed E-state index contributed by atoms with van der Waals surface area (Å²) in [5, 5.41) is 2.79. The summed E-state index contributed by atoms with van der Waals surface area (Å²) in [5.41, 5.74) is 6.70. The van der Waals surface area contributed by atoms with Gasteiger partial charge in [0.1, 0.15) is 5.54 Å². The number of hydrogen-bond donors (Lipinski definition) is 2. The average molecular weight is 221 g/mol. The summed E-state index contributed by atoms with van der Waals surface area (Å²) in [7, 11) is 0.